The van der Waals surface area contributed by atoms with Crippen LogP contribution in [0.3, 0.4) is 0 Å². The molecule has 1 aromatic carbocycles. The van der Waals surface area contributed by atoms with Crippen molar-refractivity contribution in [3.63, 3.8) is 0 Å². The minimum atomic E-state index is -0.111. The zero-order valence-corrected chi connectivity index (χ0v) is 11.4. The molecule has 5 N–H and O–H groups in total. The molecular weight excluding hydrogens is 335 g/mol. The second-order valence-corrected chi connectivity index (χ2v) is 4.21. The molecule has 0 amide bonds. The molecule has 0 heterocycles. The summed E-state index contributed by atoms with van der Waals surface area (Å²) in [4.78, 5) is 0. The Kier molecular flexibility index (Phi) is 5.01. The van der Waals surface area contributed by atoms with Crippen LogP contribution in [-0.2, 0) is 0 Å². The van der Waals surface area contributed by atoms with Crippen LogP contribution in [0.25, 0.3) is 0 Å². The maximum Gasteiger partial charge on any atom is 0.211 e. The van der Waals surface area contributed by atoms with E-state index in [9.17, 15) is 5.11 Å². The smallest absolute Gasteiger partial charge is 0.211 e. The average Bonchev–Trinajstić information content (AvgIpc) is 2.25. The van der Waals surface area contributed by atoms with E-state index in [0.717, 1.165) is 5.56 Å². The van der Waals surface area contributed by atoms with Crippen molar-refractivity contribution >= 4 is 34.8 Å². The Morgan fingerprint density at radius 1 is 1.53 bits per heavy atom. The van der Waals surface area contributed by atoms with Crippen LogP contribution < -0.4 is 16.2 Å². The molecule has 0 fully saturated rings. The van der Waals surface area contributed by atoms with Crippen LogP contribution in [-0.4, -0.2) is 23.9 Å². The van der Waals surface area contributed by atoms with Crippen LogP contribution in [0.15, 0.2) is 22.3 Å². The van der Waals surface area contributed by atoms with Crippen molar-refractivity contribution in [2.45, 2.75) is 6.92 Å². The number of benzene rings is 1. The number of hydrogen-bond donors (Lipinski definition) is 3. The third-order valence-corrected chi connectivity index (χ3v) is 2.55. The average molecular weight is 348 g/mol. The van der Waals surface area contributed by atoms with E-state index >= 15 is 0 Å². The topological polar surface area (TPSA) is 106 Å². The molecule has 0 radical (unpaired) electrons. The molecule has 17 heavy (non-hydrogen) atoms. The molecule has 0 aliphatic heterocycles. The normalized spacial score (nSPS) is 10.5. The van der Waals surface area contributed by atoms with Crippen molar-refractivity contribution in [3.8, 4) is 11.5 Å². The molecule has 0 unspecified atom stereocenters. The lowest BCUT2D eigenvalue weighted by atomic mass is 10.2. The summed E-state index contributed by atoms with van der Waals surface area (Å²) in [6, 6.07) is 3.40. The fraction of sp³-hybridized carbons (Fsp3) is 0.200. The summed E-state index contributed by atoms with van der Waals surface area (Å²) in [5.41, 5.74) is 11.0. The third kappa shape index (κ3) is 4.10. The van der Waals surface area contributed by atoms with Crippen molar-refractivity contribution < 1.29 is 9.84 Å². The summed E-state index contributed by atoms with van der Waals surface area (Å²) >= 11 is 2.00. The molecule has 0 saturated heterocycles. The van der Waals surface area contributed by atoms with Gasteiger partial charge in [0.15, 0.2) is 11.5 Å². The Hall–Kier alpha value is -1.51. The summed E-state index contributed by atoms with van der Waals surface area (Å²) in [5.74, 6) is 0.414. The predicted octanol–water partition coefficient (Wildman–Crippen LogP) is 1.00. The van der Waals surface area contributed by atoms with Gasteiger partial charge in [-0.15, -0.1) is 5.10 Å². The minimum absolute atomic E-state index is 0.111. The molecule has 0 bridgehead atoms. The van der Waals surface area contributed by atoms with Gasteiger partial charge >= 0.3 is 0 Å². The zero-order chi connectivity index (χ0) is 12.8. The fourth-order valence-electron chi connectivity index (χ4n) is 1.10. The highest BCUT2D eigenvalue weighted by molar-refractivity contribution is 14.1. The van der Waals surface area contributed by atoms with Crippen LogP contribution in [0.4, 0.5) is 0 Å². The van der Waals surface area contributed by atoms with Gasteiger partial charge in [-0.2, -0.15) is 5.10 Å². The van der Waals surface area contributed by atoms with Gasteiger partial charge in [0.2, 0.25) is 5.96 Å². The van der Waals surface area contributed by atoms with E-state index in [0.29, 0.717) is 15.9 Å². The van der Waals surface area contributed by atoms with Gasteiger partial charge < -0.3 is 21.3 Å². The number of nitrogens with zero attached hydrogens (tertiary/aromatic N) is 2. The number of phenols is 1. The molecule has 92 valence electrons. The Morgan fingerprint density at radius 2 is 2.24 bits per heavy atom. The molecular formula is C10H13IN4O2. The highest BCUT2D eigenvalue weighted by Crippen LogP contribution is 2.32. The Balaban J connectivity index is 3.02. The van der Waals surface area contributed by atoms with E-state index in [1.165, 1.54) is 6.21 Å². The van der Waals surface area contributed by atoms with Gasteiger partial charge in [-0.25, -0.2) is 0 Å². The second kappa shape index (κ2) is 6.28. The van der Waals surface area contributed by atoms with E-state index in [4.69, 9.17) is 16.2 Å². The largest absolute Gasteiger partial charge is 0.504 e. The SMILES string of the molecule is CCOc1cc(C=NN=C(N)N)cc(I)c1O. The standard InChI is InChI=1S/C10H13IN4O2/c1-2-17-8-4-6(3-7(11)9(8)16)5-14-15-10(12)13/h3-5,16H,2H2,1H3,(H4,12,13,15). The first-order valence-electron chi connectivity index (χ1n) is 4.82. The van der Waals surface area contributed by atoms with Crippen LogP contribution in [0.5, 0.6) is 11.5 Å². The number of hydrogen-bond acceptors (Lipinski definition) is 4. The lowest BCUT2D eigenvalue weighted by Crippen LogP contribution is -2.21. The number of guanidine groups is 1. The van der Waals surface area contributed by atoms with E-state index < -0.39 is 0 Å². The van der Waals surface area contributed by atoms with Crippen LogP contribution in [0.2, 0.25) is 0 Å². The summed E-state index contributed by atoms with van der Waals surface area (Å²) in [5, 5.41) is 16.9. The van der Waals surface area contributed by atoms with E-state index in [2.05, 4.69) is 10.2 Å². The molecule has 0 saturated carbocycles. The molecule has 0 atom stereocenters. The quantitative estimate of drug-likeness (QED) is 0.327. The van der Waals surface area contributed by atoms with Gasteiger partial charge in [-0.1, -0.05) is 0 Å². The molecule has 0 spiro atoms. The summed E-state index contributed by atoms with van der Waals surface area (Å²) in [6.07, 6.45) is 1.48. The van der Waals surface area contributed by atoms with Crippen molar-refractivity contribution in [2.75, 3.05) is 6.61 Å². The molecule has 1 rings (SSSR count). The first kappa shape index (κ1) is 13.6. The van der Waals surface area contributed by atoms with Gasteiger partial charge in [0.25, 0.3) is 0 Å². The second-order valence-electron chi connectivity index (χ2n) is 3.05. The van der Waals surface area contributed by atoms with E-state index in [1.807, 2.05) is 29.5 Å². The van der Waals surface area contributed by atoms with E-state index in [1.54, 1.807) is 12.1 Å². The maximum absolute atomic E-state index is 9.72. The van der Waals surface area contributed by atoms with Gasteiger partial charge in [-0.3, -0.25) is 0 Å². The summed E-state index contributed by atoms with van der Waals surface area (Å²) in [6.45, 7) is 2.31. The predicted molar refractivity (Wildman–Crippen MR) is 75.4 cm³/mol. The molecule has 0 aromatic heterocycles. The maximum atomic E-state index is 9.72. The number of ether oxygens (including phenoxy) is 1. The van der Waals surface area contributed by atoms with Crippen molar-refractivity contribution in [3.05, 3.63) is 21.3 Å². The number of phenolic OH excluding ortho intramolecular Hbond substituents is 1. The lowest BCUT2D eigenvalue weighted by Gasteiger charge is -2.08. The minimum Gasteiger partial charge on any atom is -0.504 e. The summed E-state index contributed by atoms with van der Waals surface area (Å²) in [7, 11) is 0. The Morgan fingerprint density at radius 3 is 2.82 bits per heavy atom. The molecule has 1 aromatic rings. The molecule has 0 aliphatic carbocycles. The van der Waals surface area contributed by atoms with E-state index in [-0.39, 0.29) is 11.7 Å². The van der Waals surface area contributed by atoms with Gasteiger partial charge in [0, 0.05) is 0 Å². The van der Waals surface area contributed by atoms with Crippen molar-refractivity contribution in [1.82, 2.24) is 0 Å². The number of halogens is 1. The Bertz CT molecular complexity index is 456. The molecule has 6 nitrogen and oxygen atoms in total. The zero-order valence-electron chi connectivity index (χ0n) is 9.22. The Labute approximate surface area is 113 Å². The fourth-order valence-corrected chi connectivity index (χ4v) is 1.72. The third-order valence-electron chi connectivity index (χ3n) is 1.73. The summed E-state index contributed by atoms with van der Waals surface area (Å²) < 4.78 is 5.95. The van der Waals surface area contributed by atoms with Crippen molar-refractivity contribution in [1.29, 1.82) is 0 Å². The monoisotopic (exact) mass is 348 g/mol. The molecule has 0 aliphatic rings. The number of rotatable bonds is 4. The van der Waals surface area contributed by atoms with Gasteiger partial charge in [-0.05, 0) is 47.2 Å². The van der Waals surface area contributed by atoms with Crippen LogP contribution in [0, 0.1) is 3.57 Å². The van der Waals surface area contributed by atoms with Crippen LogP contribution in [0.1, 0.15) is 12.5 Å². The lowest BCUT2D eigenvalue weighted by molar-refractivity contribution is 0.317. The highest BCUT2D eigenvalue weighted by atomic mass is 127. The van der Waals surface area contributed by atoms with Gasteiger partial charge in [0.05, 0.1) is 16.4 Å². The number of aromatic hydroxyl groups is 1. The van der Waals surface area contributed by atoms with Gasteiger partial charge in [0.1, 0.15) is 0 Å². The first-order valence-corrected chi connectivity index (χ1v) is 5.89. The number of nitrogens with two attached hydrogens (primary N) is 2. The van der Waals surface area contributed by atoms with Crippen molar-refractivity contribution in [2.24, 2.45) is 21.7 Å². The van der Waals surface area contributed by atoms with Crippen LogP contribution >= 0.6 is 22.6 Å². The molecule has 7 heteroatoms. The highest BCUT2D eigenvalue weighted by Gasteiger charge is 2.07. The first-order chi connectivity index (χ1) is 8.04.